The van der Waals surface area contributed by atoms with Gasteiger partial charge in [0.05, 0.1) is 21.6 Å². The molecule has 116 valence electrons. The van der Waals surface area contributed by atoms with Crippen LogP contribution in [0.5, 0.6) is 11.5 Å². The first-order valence-corrected chi connectivity index (χ1v) is 6.05. The van der Waals surface area contributed by atoms with Crippen LogP contribution in [0, 0.1) is 15.9 Å². The van der Waals surface area contributed by atoms with Crippen molar-refractivity contribution in [2.75, 3.05) is 0 Å². The van der Waals surface area contributed by atoms with E-state index in [0.717, 1.165) is 6.07 Å². The van der Waals surface area contributed by atoms with Gasteiger partial charge < -0.3 is 4.74 Å². The molecule has 0 saturated carbocycles. The molecule has 0 aromatic heterocycles. The summed E-state index contributed by atoms with van der Waals surface area (Å²) >= 11 is 5.59. The van der Waals surface area contributed by atoms with Crippen LogP contribution in [0.3, 0.4) is 0 Å². The fourth-order valence-electron chi connectivity index (χ4n) is 1.60. The van der Waals surface area contributed by atoms with Crippen LogP contribution in [0.4, 0.5) is 23.2 Å². The van der Waals surface area contributed by atoms with Crippen LogP contribution >= 0.6 is 11.6 Å². The molecule has 0 unspecified atom stereocenters. The number of alkyl halides is 3. The zero-order valence-electron chi connectivity index (χ0n) is 10.5. The number of nitrogens with zero attached hydrogens (tertiary/aromatic N) is 1. The molecule has 9 heteroatoms. The highest BCUT2D eigenvalue weighted by molar-refractivity contribution is 6.32. The zero-order chi connectivity index (χ0) is 16.5. The summed E-state index contributed by atoms with van der Waals surface area (Å²) in [5.74, 6) is -2.10. The van der Waals surface area contributed by atoms with Crippen LogP contribution in [0.15, 0.2) is 36.4 Å². The highest BCUT2D eigenvalue weighted by Gasteiger charge is 2.32. The molecule has 0 radical (unpaired) electrons. The first-order chi connectivity index (χ1) is 10.2. The first kappa shape index (κ1) is 16.0. The molecule has 2 aromatic carbocycles. The summed E-state index contributed by atoms with van der Waals surface area (Å²) in [6.07, 6.45) is -4.76. The summed E-state index contributed by atoms with van der Waals surface area (Å²) in [6, 6.07) is 5.48. The van der Waals surface area contributed by atoms with Gasteiger partial charge in [-0.05, 0) is 18.2 Å². The quantitative estimate of drug-likeness (QED) is 0.440. The molecular formula is C13H6ClF4NO3. The molecule has 0 saturated heterocycles. The molecule has 0 aliphatic heterocycles. The van der Waals surface area contributed by atoms with Crippen LogP contribution in [-0.2, 0) is 6.18 Å². The number of nitro groups is 1. The summed E-state index contributed by atoms with van der Waals surface area (Å²) in [5.41, 5.74) is -1.58. The molecular weight excluding hydrogens is 330 g/mol. The van der Waals surface area contributed by atoms with Gasteiger partial charge in [0, 0.05) is 6.07 Å². The van der Waals surface area contributed by atoms with Crippen LogP contribution in [0.25, 0.3) is 0 Å². The highest BCUT2D eigenvalue weighted by Crippen LogP contribution is 2.38. The normalized spacial score (nSPS) is 11.3. The minimum atomic E-state index is -4.76. The Kier molecular flexibility index (Phi) is 4.23. The second kappa shape index (κ2) is 5.80. The maximum absolute atomic E-state index is 13.7. The first-order valence-electron chi connectivity index (χ1n) is 5.67. The SMILES string of the molecule is O=[N+]([O-])c1cccc(Oc2c(F)cc(C(F)(F)F)cc2Cl)c1. The van der Waals surface area contributed by atoms with E-state index in [2.05, 4.69) is 0 Å². The molecule has 0 spiro atoms. The molecule has 0 bridgehead atoms. The third kappa shape index (κ3) is 3.45. The maximum Gasteiger partial charge on any atom is 0.416 e. The van der Waals surface area contributed by atoms with Gasteiger partial charge in [-0.15, -0.1) is 0 Å². The second-order valence-corrected chi connectivity index (χ2v) is 4.53. The Labute approximate surface area is 126 Å². The fourth-order valence-corrected chi connectivity index (χ4v) is 1.85. The number of halogens is 5. The average molecular weight is 336 g/mol. The number of benzene rings is 2. The number of hydrogen-bond acceptors (Lipinski definition) is 3. The number of nitro benzene ring substituents is 1. The van der Waals surface area contributed by atoms with Crippen molar-refractivity contribution in [1.82, 2.24) is 0 Å². The molecule has 0 amide bonds. The summed E-state index contributed by atoms with van der Waals surface area (Å²) in [6.45, 7) is 0. The van der Waals surface area contributed by atoms with E-state index in [1.165, 1.54) is 18.2 Å². The minimum absolute atomic E-state index is 0.130. The lowest BCUT2D eigenvalue weighted by Crippen LogP contribution is -2.06. The molecule has 22 heavy (non-hydrogen) atoms. The fraction of sp³-hybridized carbons (Fsp3) is 0.0769. The highest BCUT2D eigenvalue weighted by atomic mass is 35.5. The maximum atomic E-state index is 13.7. The summed E-state index contributed by atoms with van der Waals surface area (Å²) in [5, 5.41) is 10.0. The Balaban J connectivity index is 2.38. The molecule has 0 heterocycles. The topological polar surface area (TPSA) is 52.4 Å². The zero-order valence-corrected chi connectivity index (χ0v) is 11.3. The lowest BCUT2D eigenvalue weighted by molar-refractivity contribution is -0.384. The largest absolute Gasteiger partial charge is 0.452 e. The van der Waals surface area contributed by atoms with Crippen molar-refractivity contribution in [3.8, 4) is 11.5 Å². The van der Waals surface area contributed by atoms with Gasteiger partial charge >= 0.3 is 6.18 Å². The number of ether oxygens (including phenoxy) is 1. The Morgan fingerprint density at radius 2 is 1.86 bits per heavy atom. The van der Waals surface area contributed by atoms with Crippen LogP contribution < -0.4 is 4.74 Å². The number of hydrogen-bond donors (Lipinski definition) is 0. The van der Waals surface area contributed by atoms with E-state index in [0.29, 0.717) is 6.07 Å². The predicted octanol–water partition coefficient (Wildman–Crippen LogP) is 5.20. The third-order valence-electron chi connectivity index (χ3n) is 2.57. The van der Waals surface area contributed by atoms with Gasteiger partial charge in [0.2, 0.25) is 0 Å². The Morgan fingerprint density at radius 3 is 2.41 bits per heavy atom. The van der Waals surface area contributed by atoms with E-state index >= 15 is 0 Å². The van der Waals surface area contributed by atoms with Gasteiger partial charge in [-0.3, -0.25) is 10.1 Å². The van der Waals surface area contributed by atoms with E-state index < -0.39 is 33.3 Å². The van der Waals surface area contributed by atoms with Crippen molar-refractivity contribution < 1.29 is 27.2 Å². The Morgan fingerprint density at radius 1 is 1.18 bits per heavy atom. The van der Waals surface area contributed by atoms with Crippen molar-refractivity contribution in [2.24, 2.45) is 0 Å². The third-order valence-corrected chi connectivity index (χ3v) is 2.85. The van der Waals surface area contributed by atoms with Crippen molar-refractivity contribution in [2.45, 2.75) is 6.18 Å². The summed E-state index contributed by atoms with van der Waals surface area (Å²) < 4.78 is 56.3. The molecule has 2 rings (SSSR count). The minimum Gasteiger partial charge on any atom is -0.452 e. The van der Waals surface area contributed by atoms with Crippen molar-refractivity contribution >= 4 is 17.3 Å². The van der Waals surface area contributed by atoms with Crippen molar-refractivity contribution in [3.63, 3.8) is 0 Å². The molecule has 0 atom stereocenters. The lowest BCUT2D eigenvalue weighted by Gasteiger charge is -2.12. The summed E-state index contributed by atoms with van der Waals surface area (Å²) in [7, 11) is 0. The predicted molar refractivity (Wildman–Crippen MR) is 69.6 cm³/mol. The smallest absolute Gasteiger partial charge is 0.416 e. The standard InChI is InChI=1S/C13H6ClF4NO3/c14-10-4-7(13(16,17)18)5-11(15)12(10)22-9-3-1-2-8(6-9)19(20)21/h1-6H. The van der Waals surface area contributed by atoms with Gasteiger partial charge in [-0.25, -0.2) is 4.39 Å². The van der Waals surface area contributed by atoms with E-state index in [4.69, 9.17) is 16.3 Å². The van der Waals surface area contributed by atoms with Gasteiger partial charge in [0.25, 0.3) is 5.69 Å². The monoisotopic (exact) mass is 335 g/mol. The average Bonchev–Trinajstić information content (AvgIpc) is 2.42. The van der Waals surface area contributed by atoms with E-state index in [1.807, 2.05) is 0 Å². The van der Waals surface area contributed by atoms with E-state index in [1.54, 1.807) is 0 Å². The van der Waals surface area contributed by atoms with E-state index in [9.17, 15) is 27.7 Å². The number of rotatable bonds is 3. The lowest BCUT2D eigenvalue weighted by atomic mass is 10.2. The van der Waals surface area contributed by atoms with Crippen molar-refractivity contribution in [3.05, 3.63) is 62.9 Å². The molecule has 4 nitrogen and oxygen atoms in total. The van der Waals surface area contributed by atoms with Crippen LogP contribution in [0.2, 0.25) is 5.02 Å². The van der Waals surface area contributed by atoms with Gasteiger partial charge in [0.1, 0.15) is 5.75 Å². The molecule has 0 fully saturated rings. The Hall–Kier alpha value is -2.35. The number of non-ortho nitro benzene ring substituents is 1. The molecule has 0 N–H and O–H groups in total. The molecule has 0 aliphatic carbocycles. The van der Waals surface area contributed by atoms with Crippen LogP contribution in [-0.4, -0.2) is 4.92 Å². The van der Waals surface area contributed by atoms with Gasteiger partial charge in [0.15, 0.2) is 11.6 Å². The van der Waals surface area contributed by atoms with Crippen molar-refractivity contribution in [1.29, 1.82) is 0 Å². The van der Waals surface area contributed by atoms with Gasteiger partial charge in [-0.1, -0.05) is 17.7 Å². The molecule has 2 aromatic rings. The second-order valence-electron chi connectivity index (χ2n) is 4.12. The molecule has 0 aliphatic rings. The van der Waals surface area contributed by atoms with Crippen LogP contribution in [0.1, 0.15) is 5.56 Å². The van der Waals surface area contributed by atoms with Gasteiger partial charge in [-0.2, -0.15) is 13.2 Å². The summed E-state index contributed by atoms with van der Waals surface area (Å²) in [4.78, 5) is 9.92. The Bertz CT molecular complexity index is 710. The van der Waals surface area contributed by atoms with E-state index in [-0.39, 0.29) is 17.5 Å².